The third-order valence-corrected chi connectivity index (χ3v) is 3.55. The van der Waals surface area contributed by atoms with Crippen LogP contribution in [0.15, 0.2) is 18.2 Å². The second-order valence-corrected chi connectivity index (χ2v) is 6.42. The van der Waals surface area contributed by atoms with Crippen LogP contribution in [0.25, 0.3) is 0 Å². The molecule has 3 heteroatoms. The molecular formula is C16H25FN2. The molecule has 0 aromatic heterocycles. The highest BCUT2D eigenvalue weighted by Gasteiger charge is 2.16. The number of nitrogens with one attached hydrogen (secondary N) is 1. The van der Waals surface area contributed by atoms with Gasteiger partial charge in [0.25, 0.3) is 0 Å². The van der Waals surface area contributed by atoms with Crippen molar-refractivity contribution in [3.8, 4) is 0 Å². The maximum atomic E-state index is 13.5. The summed E-state index contributed by atoms with van der Waals surface area (Å²) in [5.74, 6) is -0.147. The standard InChI is InChI=1S/C16H25FN2/c1-16(2,3)18-12-13-11-14(17)7-8-15(13)19-9-5-4-6-10-19/h7-8,11,18H,4-6,9-10,12H2,1-3H3. The van der Waals surface area contributed by atoms with Crippen LogP contribution in [-0.4, -0.2) is 18.6 Å². The molecule has 2 nitrogen and oxygen atoms in total. The van der Waals surface area contributed by atoms with E-state index in [4.69, 9.17) is 0 Å². The highest BCUT2D eigenvalue weighted by atomic mass is 19.1. The molecule has 0 bridgehead atoms. The van der Waals surface area contributed by atoms with Crippen molar-refractivity contribution in [1.82, 2.24) is 5.32 Å². The lowest BCUT2D eigenvalue weighted by Gasteiger charge is -2.31. The van der Waals surface area contributed by atoms with E-state index >= 15 is 0 Å². The van der Waals surface area contributed by atoms with Crippen LogP contribution in [0.5, 0.6) is 0 Å². The summed E-state index contributed by atoms with van der Waals surface area (Å²) in [6, 6.07) is 5.17. The second kappa shape index (κ2) is 5.91. The molecule has 0 unspecified atom stereocenters. The molecule has 1 fully saturated rings. The van der Waals surface area contributed by atoms with Crippen LogP contribution in [0.3, 0.4) is 0 Å². The molecule has 0 aliphatic carbocycles. The number of anilines is 1. The molecule has 1 aliphatic heterocycles. The molecule has 1 aliphatic rings. The fourth-order valence-corrected chi connectivity index (χ4v) is 2.50. The minimum absolute atomic E-state index is 0.0471. The summed E-state index contributed by atoms with van der Waals surface area (Å²) in [5.41, 5.74) is 2.31. The topological polar surface area (TPSA) is 15.3 Å². The molecule has 1 aromatic carbocycles. The lowest BCUT2D eigenvalue weighted by atomic mass is 10.0. The van der Waals surface area contributed by atoms with Crippen LogP contribution >= 0.6 is 0 Å². The summed E-state index contributed by atoms with van der Waals surface area (Å²) in [5, 5.41) is 3.45. The Morgan fingerprint density at radius 1 is 1.16 bits per heavy atom. The maximum Gasteiger partial charge on any atom is 0.123 e. The van der Waals surface area contributed by atoms with Crippen molar-refractivity contribution in [3.63, 3.8) is 0 Å². The van der Waals surface area contributed by atoms with Gasteiger partial charge < -0.3 is 10.2 Å². The number of rotatable bonds is 3. The van der Waals surface area contributed by atoms with Gasteiger partial charge in [0, 0.05) is 30.9 Å². The summed E-state index contributed by atoms with van der Waals surface area (Å²) in [7, 11) is 0. The zero-order chi connectivity index (χ0) is 13.9. The van der Waals surface area contributed by atoms with E-state index in [1.807, 2.05) is 6.07 Å². The van der Waals surface area contributed by atoms with Gasteiger partial charge >= 0.3 is 0 Å². The van der Waals surface area contributed by atoms with Gasteiger partial charge in [-0.05, 0) is 63.8 Å². The van der Waals surface area contributed by atoms with Crippen molar-refractivity contribution in [2.24, 2.45) is 0 Å². The van der Waals surface area contributed by atoms with Crippen LogP contribution in [0, 0.1) is 5.82 Å². The lowest BCUT2D eigenvalue weighted by molar-refractivity contribution is 0.423. The second-order valence-electron chi connectivity index (χ2n) is 6.42. The van der Waals surface area contributed by atoms with Gasteiger partial charge in [0.2, 0.25) is 0 Å². The van der Waals surface area contributed by atoms with Crippen molar-refractivity contribution in [2.75, 3.05) is 18.0 Å². The fourth-order valence-electron chi connectivity index (χ4n) is 2.50. The molecule has 1 saturated heterocycles. The SMILES string of the molecule is CC(C)(C)NCc1cc(F)ccc1N1CCCCC1. The first-order valence-corrected chi connectivity index (χ1v) is 7.24. The van der Waals surface area contributed by atoms with Gasteiger partial charge in [-0.1, -0.05) is 0 Å². The molecule has 1 aromatic rings. The van der Waals surface area contributed by atoms with Crippen LogP contribution in [0.1, 0.15) is 45.6 Å². The van der Waals surface area contributed by atoms with E-state index in [1.165, 1.54) is 24.9 Å². The molecule has 2 rings (SSSR count). The van der Waals surface area contributed by atoms with Crippen molar-refractivity contribution < 1.29 is 4.39 Å². The van der Waals surface area contributed by atoms with Gasteiger partial charge in [0.05, 0.1) is 0 Å². The van der Waals surface area contributed by atoms with Crippen molar-refractivity contribution in [2.45, 2.75) is 52.1 Å². The van der Waals surface area contributed by atoms with E-state index < -0.39 is 0 Å². The molecule has 19 heavy (non-hydrogen) atoms. The van der Waals surface area contributed by atoms with E-state index in [1.54, 1.807) is 12.1 Å². The smallest absolute Gasteiger partial charge is 0.123 e. The minimum Gasteiger partial charge on any atom is -0.371 e. The summed E-state index contributed by atoms with van der Waals surface area (Å²) in [6.45, 7) is 9.29. The highest BCUT2D eigenvalue weighted by Crippen LogP contribution is 2.25. The molecule has 0 spiro atoms. The Morgan fingerprint density at radius 3 is 2.47 bits per heavy atom. The summed E-state index contributed by atoms with van der Waals surface area (Å²) in [4.78, 5) is 2.39. The number of benzene rings is 1. The molecule has 0 atom stereocenters. The van der Waals surface area contributed by atoms with E-state index in [9.17, 15) is 4.39 Å². The van der Waals surface area contributed by atoms with E-state index in [0.29, 0.717) is 6.54 Å². The van der Waals surface area contributed by atoms with Gasteiger partial charge in [-0.15, -0.1) is 0 Å². The third-order valence-electron chi connectivity index (χ3n) is 3.55. The minimum atomic E-state index is -0.147. The zero-order valence-electron chi connectivity index (χ0n) is 12.3. The van der Waals surface area contributed by atoms with E-state index in [-0.39, 0.29) is 11.4 Å². The van der Waals surface area contributed by atoms with Crippen molar-refractivity contribution in [3.05, 3.63) is 29.6 Å². The Bertz CT molecular complexity index is 417. The monoisotopic (exact) mass is 264 g/mol. The van der Waals surface area contributed by atoms with Crippen LogP contribution in [-0.2, 0) is 6.54 Å². The van der Waals surface area contributed by atoms with Crippen LogP contribution < -0.4 is 10.2 Å². The molecule has 1 N–H and O–H groups in total. The molecule has 1 heterocycles. The molecule has 106 valence electrons. The van der Waals surface area contributed by atoms with Gasteiger partial charge in [-0.25, -0.2) is 4.39 Å². The summed E-state index contributed by atoms with van der Waals surface area (Å²) in [6.07, 6.45) is 3.79. The molecular weight excluding hydrogens is 239 g/mol. The average molecular weight is 264 g/mol. The number of hydrogen-bond acceptors (Lipinski definition) is 2. The van der Waals surface area contributed by atoms with Crippen LogP contribution in [0.4, 0.5) is 10.1 Å². The number of halogens is 1. The summed E-state index contributed by atoms with van der Waals surface area (Å²) >= 11 is 0. The predicted octanol–water partition coefficient (Wildman–Crippen LogP) is 3.70. The molecule has 0 amide bonds. The average Bonchev–Trinajstić information content (AvgIpc) is 2.37. The van der Waals surface area contributed by atoms with Gasteiger partial charge in [0.15, 0.2) is 0 Å². The first kappa shape index (κ1) is 14.3. The molecule has 0 saturated carbocycles. The Labute approximate surface area is 116 Å². The predicted molar refractivity (Wildman–Crippen MR) is 79.1 cm³/mol. The Morgan fingerprint density at radius 2 is 1.84 bits per heavy atom. The van der Waals surface area contributed by atoms with E-state index in [0.717, 1.165) is 18.7 Å². The first-order chi connectivity index (χ1) is 8.96. The third kappa shape index (κ3) is 4.20. The quantitative estimate of drug-likeness (QED) is 0.895. The van der Waals surface area contributed by atoms with Gasteiger partial charge in [-0.2, -0.15) is 0 Å². The number of piperidine rings is 1. The van der Waals surface area contributed by atoms with Gasteiger partial charge in [-0.3, -0.25) is 0 Å². The Hall–Kier alpha value is -1.09. The zero-order valence-corrected chi connectivity index (χ0v) is 12.3. The lowest BCUT2D eigenvalue weighted by Crippen LogP contribution is -2.36. The van der Waals surface area contributed by atoms with Crippen molar-refractivity contribution >= 4 is 5.69 Å². The first-order valence-electron chi connectivity index (χ1n) is 7.24. The summed E-state index contributed by atoms with van der Waals surface area (Å²) < 4.78 is 13.5. The highest BCUT2D eigenvalue weighted by molar-refractivity contribution is 5.54. The number of hydrogen-bond donors (Lipinski definition) is 1. The largest absolute Gasteiger partial charge is 0.371 e. The molecule has 0 radical (unpaired) electrons. The maximum absolute atomic E-state index is 13.5. The van der Waals surface area contributed by atoms with Gasteiger partial charge in [0.1, 0.15) is 5.82 Å². The fraction of sp³-hybridized carbons (Fsp3) is 0.625. The number of nitrogens with zero attached hydrogens (tertiary/aromatic N) is 1. The Kier molecular flexibility index (Phi) is 4.46. The van der Waals surface area contributed by atoms with Crippen molar-refractivity contribution in [1.29, 1.82) is 0 Å². The normalized spacial score (nSPS) is 16.7. The van der Waals surface area contributed by atoms with E-state index in [2.05, 4.69) is 31.0 Å². The van der Waals surface area contributed by atoms with Crippen LogP contribution in [0.2, 0.25) is 0 Å². The Balaban J connectivity index is 2.17.